The van der Waals surface area contributed by atoms with Gasteiger partial charge in [0, 0.05) is 33.5 Å². The molecule has 0 aliphatic rings. The first kappa shape index (κ1) is 13.9. The molecule has 0 bridgehead atoms. The molecule has 106 valence electrons. The number of hydrogen-bond acceptors (Lipinski definition) is 3. The topological polar surface area (TPSA) is 50.9 Å². The van der Waals surface area contributed by atoms with Crippen molar-refractivity contribution in [1.29, 1.82) is 0 Å². The quantitative estimate of drug-likeness (QED) is 0.689. The van der Waals surface area contributed by atoms with Crippen LogP contribution in [-0.4, -0.2) is 4.98 Å². The Labute approximate surface area is 132 Å². The van der Waals surface area contributed by atoms with Gasteiger partial charge >= 0.3 is 0 Å². The van der Waals surface area contributed by atoms with Crippen molar-refractivity contribution in [3.05, 3.63) is 64.3 Å². The van der Waals surface area contributed by atoms with Crippen LogP contribution in [0.4, 0.5) is 11.4 Å². The van der Waals surface area contributed by atoms with E-state index in [4.69, 9.17) is 5.73 Å². The maximum Gasteiger partial charge on any atom is 0.0727 e. The summed E-state index contributed by atoms with van der Waals surface area (Å²) < 4.78 is 1.09. The number of pyridine rings is 1. The summed E-state index contributed by atoms with van der Waals surface area (Å²) in [7, 11) is 0. The lowest BCUT2D eigenvalue weighted by atomic mass is 10.1. The van der Waals surface area contributed by atoms with Gasteiger partial charge < -0.3 is 11.1 Å². The largest absolute Gasteiger partial charge is 0.399 e. The van der Waals surface area contributed by atoms with Gasteiger partial charge in [0.15, 0.2) is 0 Å². The molecule has 3 rings (SSSR count). The average molecular weight is 342 g/mol. The third-order valence-corrected chi connectivity index (χ3v) is 3.89. The normalized spacial score (nSPS) is 10.8. The summed E-state index contributed by atoms with van der Waals surface area (Å²) in [5.74, 6) is 0. The van der Waals surface area contributed by atoms with Crippen molar-refractivity contribution in [1.82, 2.24) is 4.98 Å². The van der Waals surface area contributed by atoms with Crippen molar-refractivity contribution in [3.8, 4) is 0 Å². The van der Waals surface area contributed by atoms with Gasteiger partial charge in [0.25, 0.3) is 0 Å². The number of nitrogen functional groups attached to an aromatic ring is 1. The average Bonchev–Trinajstić information content (AvgIpc) is 2.47. The van der Waals surface area contributed by atoms with E-state index < -0.39 is 0 Å². The fourth-order valence-electron chi connectivity index (χ4n) is 2.32. The molecule has 3 aromatic rings. The Morgan fingerprint density at radius 2 is 1.86 bits per heavy atom. The van der Waals surface area contributed by atoms with Gasteiger partial charge in [0.05, 0.1) is 5.52 Å². The molecule has 0 unspecified atom stereocenters. The van der Waals surface area contributed by atoms with Gasteiger partial charge in [-0.15, -0.1) is 0 Å². The highest BCUT2D eigenvalue weighted by molar-refractivity contribution is 9.10. The molecule has 0 fully saturated rings. The van der Waals surface area contributed by atoms with Crippen molar-refractivity contribution >= 4 is 38.2 Å². The second-order valence-corrected chi connectivity index (χ2v) is 5.98. The number of fused-ring (bicyclic) bond motifs is 1. The summed E-state index contributed by atoms with van der Waals surface area (Å²) in [6.45, 7) is 2.77. The van der Waals surface area contributed by atoms with E-state index in [2.05, 4.69) is 44.4 Å². The van der Waals surface area contributed by atoms with E-state index in [-0.39, 0.29) is 0 Å². The lowest BCUT2D eigenvalue weighted by Gasteiger charge is -2.11. The standard InChI is InChI=1S/C17H16BrN3/c1-11-8-17(15-9-14(19)6-7-16(15)21-11)20-10-12-2-4-13(18)5-3-12/h2-9H,10,19H2,1H3,(H,20,21). The maximum absolute atomic E-state index is 5.89. The van der Waals surface area contributed by atoms with Crippen LogP contribution in [0.1, 0.15) is 11.3 Å². The van der Waals surface area contributed by atoms with Gasteiger partial charge in [-0.2, -0.15) is 0 Å². The summed E-state index contributed by atoms with van der Waals surface area (Å²) in [6, 6.07) is 16.2. The molecule has 1 heterocycles. The number of halogens is 1. The van der Waals surface area contributed by atoms with Crippen molar-refractivity contribution in [3.63, 3.8) is 0 Å². The van der Waals surface area contributed by atoms with Gasteiger partial charge in [-0.3, -0.25) is 4.98 Å². The number of aryl methyl sites for hydroxylation is 1. The molecule has 0 amide bonds. The van der Waals surface area contributed by atoms with Crippen LogP contribution < -0.4 is 11.1 Å². The van der Waals surface area contributed by atoms with Crippen LogP contribution in [0.3, 0.4) is 0 Å². The number of rotatable bonds is 3. The fraction of sp³-hybridized carbons (Fsp3) is 0.118. The van der Waals surface area contributed by atoms with Crippen molar-refractivity contribution < 1.29 is 0 Å². The van der Waals surface area contributed by atoms with Crippen LogP contribution in [-0.2, 0) is 6.54 Å². The lowest BCUT2D eigenvalue weighted by Crippen LogP contribution is -2.01. The van der Waals surface area contributed by atoms with Crippen molar-refractivity contribution in [2.75, 3.05) is 11.1 Å². The molecule has 0 saturated carbocycles. The molecule has 2 aromatic carbocycles. The fourth-order valence-corrected chi connectivity index (χ4v) is 2.59. The molecule has 0 aliphatic carbocycles. The van der Waals surface area contributed by atoms with Gasteiger partial charge in [0.2, 0.25) is 0 Å². The third kappa shape index (κ3) is 3.16. The number of hydrogen-bond donors (Lipinski definition) is 2. The Kier molecular flexibility index (Phi) is 3.80. The molecule has 3 N–H and O–H groups in total. The zero-order valence-corrected chi connectivity index (χ0v) is 13.3. The molecule has 0 saturated heterocycles. The predicted octanol–water partition coefficient (Wildman–Crippen LogP) is 4.50. The minimum absolute atomic E-state index is 0.750. The molecule has 4 heteroatoms. The second-order valence-electron chi connectivity index (χ2n) is 5.07. The third-order valence-electron chi connectivity index (χ3n) is 3.36. The van der Waals surface area contributed by atoms with Gasteiger partial charge in [-0.1, -0.05) is 28.1 Å². The molecule has 0 spiro atoms. The number of nitrogens with zero attached hydrogens (tertiary/aromatic N) is 1. The Hall–Kier alpha value is -2.07. The van der Waals surface area contributed by atoms with Crippen LogP contribution in [0.2, 0.25) is 0 Å². The van der Waals surface area contributed by atoms with E-state index in [9.17, 15) is 0 Å². The molecule has 1 aromatic heterocycles. The van der Waals surface area contributed by atoms with Crippen LogP contribution in [0.15, 0.2) is 53.0 Å². The monoisotopic (exact) mass is 341 g/mol. The zero-order chi connectivity index (χ0) is 14.8. The van der Waals surface area contributed by atoms with Crippen molar-refractivity contribution in [2.24, 2.45) is 0 Å². The molecular weight excluding hydrogens is 326 g/mol. The first-order chi connectivity index (χ1) is 10.1. The van der Waals surface area contributed by atoms with Gasteiger partial charge in [-0.25, -0.2) is 0 Å². The zero-order valence-electron chi connectivity index (χ0n) is 11.7. The number of aromatic nitrogens is 1. The van der Waals surface area contributed by atoms with Crippen LogP contribution in [0, 0.1) is 6.92 Å². The van der Waals surface area contributed by atoms with Gasteiger partial charge in [-0.05, 0) is 48.9 Å². The Morgan fingerprint density at radius 3 is 2.62 bits per heavy atom. The molecule has 0 atom stereocenters. The number of benzene rings is 2. The number of nitrogens with one attached hydrogen (secondary N) is 1. The van der Waals surface area contributed by atoms with E-state index >= 15 is 0 Å². The number of anilines is 2. The van der Waals surface area contributed by atoms with E-state index in [1.54, 1.807) is 0 Å². The summed E-state index contributed by atoms with van der Waals surface area (Å²) >= 11 is 3.45. The van der Waals surface area contributed by atoms with E-state index in [1.165, 1.54) is 5.56 Å². The highest BCUT2D eigenvalue weighted by Gasteiger charge is 2.04. The molecule has 3 nitrogen and oxygen atoms in total. The number of nitrogens with two attached hydrogens (primary N) is 1. The maximum atomic E-state index is 5.89. The van der Waals surface area contributed by atoms with E-state index in [0.717, 1.165) is 39.0 Å². The first-order valence-corrected chi connectivity index (χ1v) is 7.56. The minimum atomic E-state index is 0.750. The molecule has 21 heavy (non-hydrogen) atoms. The van der Waals surface area contributed by atoms with Crippen LogP contribution in [0.25, 0.3) is 10.9 Å². The van der Waals surface area contributed by atoms with Crippen LogP contribution >= 0.6 is 15.9 Å². The SMILES string of the molecule is Cc1cc(NCc2ccc(Br)cc2)c2cc(N)ccc2n1. The van der Waals surface area contributed by atoms with E-state index in [1.807, 2.05) is 37.3 Å². The Bertz CT molecular complexity index is 782. The Balaban J connectivity index is 1.92. The minimum Gasteiger partial charge on any atom is -0.399 e. The Morgan fingerprint density at radius 1 is 1.10 bits per heavy atom. The van der Waals surface area contributed by atoms with Crippen molar-refractivity contribution in [2.45, 2.75) is 13.5 Å². The second kappa shape index (κ2) is 5.74. The summed E-state index contributed by atoms with van der Waals surface area (Å²) in [5, 5.41) is 4.53. The summed E-state index contributed by atoms with van der Waals surface area (Å²) in [5.41, 5.74) is 10.9. The molecule has 0 radical (unpaired) electrons. The highest BCUT2D eigenvalue weighted by atomic mass is 79.9. The highest BCUT2D eigenvalue weighted by Crippen LogP contribution is 2.25. The smallest absolute Gasteiger partial charge is 0.0727 e. The van der Waals surface area contributed by atoms with E-state index in [0.29, 0.717) is 0 Å². The molecular formula is C17H16BrN3. The van der Waals surface area contributed by atoms with Gasteiger partial charge in [0.1, 0.15) is 0 Å². The molecule has 0 aliphatic heterocycles. The predicted molar refractivity (Wildman–Crippen MR) is 92.4 cm³/mol. The first-order valence-electron chi connectivity index (χ1n) is 6.77. The van der Waals surface area contributed by atoms with Crippen LogP contribution in [0.5, 0.6) is 0 Å². The lowest BCUT2D eigenvalue weighted by molar-refractivity contribution is 1.14. The summed E-state index contributed by atoms with van der Waals surface area (Å²) in [4.78, 5) is 4.54. The summed E-state index contributed by atoms with van der Waals surface area (Å²) in [6.07, 6.45) is 0.